The number of rotatable bonds is 9. The van der Waals surface area contributed by atoms with Gasteiger partial charge in [0, 0.05) is 5.02 Å². The molecule has 0 spiro atoms. The fourth-order valence-corrected chi connectivity index (χ4v) is 8.24. The zero-order valence-corrected chi connectivity index (χ0v) is 25.2. The maximum Gasteiger partial charge on any atom is 0.268 e. The van der Waals surface area contributed by atoms with Crippen LogP contribution in [-0.4, -0.2) is 34.4 Å². The standard InChI is InChI=1S/C28H30ClF2N3O4SSi/c1-37-21-10-8-19(9-11-21)17-34(27-7-5-6-26(31)33-27)39(35,36)25-15-23(29)22(14-24(25)30)20-12-13-28(16-20,18-32)38-40(2,3)4/h5-11,14-15,20H,12-13,16-17H2,1-4H3. The van der Waals surface area contributed by atoms with Crippen LogP contribution in [0.4, 0.5) is 14.6 Å². The van der Waals surface area contributed by atoms with Gasteiger partial charge in [-0.1, -0.05) is 29.8 Å². The Labute approximate surface area is 239 Å². The van der Waals surface area contributed by atoms with Crippen molar-refractivity contribution in [1.82, 2.24) is 4.98 Å². The average molecular weight is 606 g/mol. The average Bonchev–Trinajstić information content (AvgIpc) is 3.31. The summed E-state index contributed by atoms with van der Waals surface area (Å²) in [5.74, 6) is -1.82. The van der Waals surface area contributed by atoms with E-state index in [1.54, 1.807) is 24.3 Å². The van der Waals surface area contributed by atoms with Gasteiger partial charge < -0.3 is 9.16 Å². The lowest BCUT2D eigenvalue weighted by molar-refractivity contribution is 0.126. The highest BCUT2D eigenvalue weighted by atomic mass is 35.5. The van der Waals surface area contributed by atoms with Gasteiger partial charge in [-0.25, -0.2) is 22.1 Å². The van der Waals surface area contributed by atoms with Gasteiger partial charge in [0.05, 0.1) is 19.7 Å². The quantitative estimate of drug-likeness (QED) is 0.197. The summed E-state index contributed by atoms with van der Waals surface area (Å²) in [7, 11) is -5.13. The second kappa shape index (κ2) is 11.4. The second-order valence-corrected chi connectivity index (χ2v) is 17.4. The molecule has 212 valence electrons. The van der Waals surface area contributed by atoms with Crippen molar-refractivity contribution < 1.29 is 26.4 Å². The van der Waals surface area contributed by atoms with Crippen LogP contribution in [0.3, 0.4) is 0 Å². The van der Waals surface area contributed by atoms with E-state index in [2.05, 4.69) is 11.1 Å². The molecule has 7 nitrogen and oxygen atoms in total. The number of nitriles is 1. The lowest BCUT2D eigenvalue weighted by Gasteiger charge is -2.30. The van der Waals surface area contributed by atoms with E-state index in [1.165, 1.54) is 19.2 Å². The highest BCUT2D eigenvalue weighted by Crippen LogP contribution is 2.46. The van der Waals surface area contributed by atoms with E-state index >= 15 is 4.39 Å². The molecule has 1 heterocycles. The minimum atomic E-state index is -4.59. The zero-order chi connectivity index (χ0) is 29.3. The molecule has 0 bridgehead atoms. The molecule has 0 radical (unpaired) electrons. The summed E-state index contributed by atoms with van der Waals surface area (Å²) in [5.41, 5.74) is -0.0301. The third-order valence-corrected chi connectivity index (χ3v) is 9.77. The third kappa shape index (κ3) is 6.47. The van der Waals surface area contributed by atoms with Gasteiger partial charge in [0.25, 0.3) is 10.0 Å². The topological polar surface area (TPSA) is 92.5 Å². The molecule has 1 aliphatic carbocycles. The van der Waals surface area contributed by atoms with Crippen molar-refractivity contribution >= 4 is 35.8 Å². The number of methoxy groups -OCH3 is 1. The predicted octanol–water partition coefficient (Wildman–Crippen LogP) is 6.80. The minimum absolute atomic E-state index is 0.0586. The van der Waals surface area contributed by atoms with E-state index in [-0.39, 0.29) is 23.3 Å². The molecule has 0 saturated heterocycles. The molecule has 1 aliphatic rings. The number of ether oxygens (including phenoxy) is 1. The number of halogens is 3. The van der Waals surface area contributed by atoms with Gasteiger partial charge in [0.15, 0.2) is 8.32 Å². The predicted molar refractivity (Wildman–Crippen MR) is 151 cm³/mol. The van der Waals surface area contributed by atoms with Crippen molar-refractivity contribution in [3.8, 4) is 11.8 Å². The summed E-state index contributed by atoms with van der Waals surface area (Å²) in [6.07, 6.45) is 1.34. The first-order valence-electron chi connectivity index (χ1n) is 12.7. The number of aromatic nitrogens is 1. The van der Waals surface area contributed by atoms with Crippen molar-refractivity contribution in [2.45, 2.75) is 61.9 Å². The number of nitrogens with zero attached hydrogens (tertiary/aromatic N) is 3. The van der Waals surface area contributed by atoms with Gasteiger partial charge in [-0.15, -0.1) is 0 Å². The van der Waals surface area contributed by atoms with E-state index in [1.807, 2.05) is 19.6 Å². The summed E-state index contributed by atoms with van der Waals surface area (Å²) >= 11 is 6.57. The third-order valence-electron chi connectivity index (χ3n) is 6.68. The first-order valence-corrected chi connectivity index (χ1v) is 17.9. The Morgan fingerprint density at radius 1 is 1.18 bits per heavy atom. The Balaban J connectivity index is 1.71. The van der Waals surface area contributed by atoms with Crippen molar-refractivity contribution in [1.29, 1.82) is 5.26 Å². The summed E-state index contributed by atoms with van der Waals surface area (Å²) in [5, 5.41) is 9.93. The smallest absolute Gasteiger partial charge is 0.268 e. The molecule has 0 amide bonds. The fourth-order valence-electron chi connectivity index (χ4n) is 4.97. The molecular weight excluding hydrogens is 576 g/mol. The lowest BCUT2D eigenvalue weighted by Crippen LogP contribution is -2.40. The van der Waals surface area contributed by atoms with E-state index in [0.717, 1.165) is 22.5 Å². The van der Waals surface area contributed by atoms with Crippen LogP contribution in [0.25, 0.3) is 0 Å². The molecular formula is C28H30ClF2N3O4SSi. The molecule has 1 fully saturated rings. The van der Waals surface area contributed by atoms with Crippen LogP contribution in [-0.2, 0) is 21.0 Å². The number of benzene rings is 2. The Morgan fingerprint density at radius 2 is 1.88 bits per heavy atom. The van der Waals surface area contributed by atoms with Crippen LogP contribution in [0.2, 0.25) is 24.7 Å². The molecule has 4 rings (SSSR count). The monoisotopic (exact) mass is 605 g/mol. The number of sulfonamides is 1. The molecule has 0 aliphatic heterocycles. The van der Waals surface area contributed by atoms with Crippen LogP contribution in [0.1, 0.15) is 36.3 Å². The van der Waals surface area contributed by atoms with E-state index < -0.39 is 40.6 Å². The lowest BCUT2D eigenvalue weighted by atomic mass is 9.95. The normalized spacial score (nSPS) is 19.3. The van der Waals surface area contributed by atoms with Gasteiger partial charge in [-0.3, -0.25) is 0 Å². The molecule has 40 heavy (non-hydrogen) atoms. The Kier molecular flexibility index (Phi) is 8.56. The van der Waals surface area contributed by atoms with Crippen LogP contribution in [0, 0.1) is 23.1 Å². The summed E-state index contributed by atoms with van der Waals surface area (Å²) < 4.78 is 69.6. The Hall–Kier alpha value is -3.04. The van der Waals surface area contributed by atoms with E-state index in [9.17, 15) is 18.1 Å². The molecule has 12 heteroatoms. The second-order valence-electron chi connectivity index (χ2n) is 10.7. The number of anilines is 1. The molecule has 1 aromatic heterocycles. The summed E-state index contributed by atoms with van der Waals surface area (Å²) in [6.45, 7) is 5.74. The van der Waals surface area contributed by atoms with Crippen molar-refractivity contribution in [2.75, 3.05) is 11.4 Å². The molecule has 3 aromatic rings. The molecule has 2 atom stereocenters. The SMILES string of the molecule is COc1ccc(CN(c2cccc(F)n2)S(=O)(=O)c2cc(Cl)c(C3CCC(C#N)(O[Si](C)(C)C)C3)cc2F)cc1. The highest BCUT2D eigenvalue weighted by molar-refractivity contribution is 7.92. The largest absolute Gasteiger partial charge is 0.497 e. The molecule has 2 unspecified atom stereocenters. The summed E-state index contributed by atoms with van der Waals surface area (Å²) in [4.78, 5) is 3.08. The Bertz CT molecular complexity index is 1540. The van der Waals surface area contributed by atoms with E-state index in [4.69, 9.17) is 20.8 Å². The van der Waals surface area contributed by atoms with Crippen LogP contribution >= 0.6 is 11.6 Å². The van der Waals surface area contributed by atoms with Gasteiger partial charge in [0.2, 0.25) is 5.95 Å². The molecule has 2 aromatic carbocycles. The van der Waals surface area contributed by atoms with E-state index in [0.29, 0.717) is 36.1 Å². The van der Waals surface area contributed by atoms with Crippen LogP contribution in [0.15, 0.2) is 59.5 Å². The molecule has 1 saturated carbocycles. The van der Waals surface area contributed by atoms with Crippen LogP contribution in [0.5, 0.6) is 5.75 Å². The first-order chi connectivity index (χ1) is 18.8. The highest BCUT2D eigenvalue weighted by Gasteiger charge is 2.44. The molecule has 0 N–H and O–H groups in total. The Morgan fingerprint density at radius 3 is 2.48 bits per heavy atom. The van der Waals surface area contributed by atoms with Crippen molar-refractivity contribution in [3.63, 3.8) is 0 Å². The first kappa shape index (κ1) is 29.9. The number of hydrogen-bond donors (Lipinski definition) is 0. The van der Waals surface area contributed by atoms with Crippen LogP contribution < -0.4 is 9.04 Å². The number of hydrogen-bond acceptors (Lipinski definition) is 6. The van der Waals surface area contributed by atoms with Gasteiger partial charge >= 0.3 is 0 Å². The summed E-state index contributed by atoms with van der Waals surface area (Å²) in [6, 6.07) is 14.8. The fraction of sp³-hybridized carbons (Fsp3) is 0.357. The zero-order valence-electron chi connectivity index (χ0n) is 22.6. The van der Waals surface area contributed by atoms with Crippen molar-refractivity contribution in [3.05, 3.63) is 82.5 Å². The van der Waals surface area contributed by atoms with Gasteiger partial charge in [-0.05, 0) is 92.3 Å². The maximum atomic E-state index is 15.7. The minimum Gasteiger partial charge on any atom is -0.497 e. The van der Waals surface area contributed by atoms with Crippen molar-refractivity contribution in [2.24, 2.45) is 0 Å². The maximum absolute atomic E-state index is 15.7. The van der Waals surface area contributed by atoms with Gasteiger partial charge in [-0.2, -0.15) is 9.65 Å². The number of pyridine rings is 1. The van der Waals surface area contributed by atoms with Gasteiger partial charge in [0.1, 0.15) is 27.9 Å².